The maximum absolute atomic E-state index is 12.2. The zero-order valence-corrected chi connectivity index (χ0v) is 14.8. The summed E-state index contributed by atoms with van der Waals surface area (Å²) in [7, 11) is 1.84. The highest BCUT2D eigenvalue weighted by Gasteiger charge is 2.11. The van der Waals surface area contributed by atoms with Gasteiger partial charge in [0.2, 0.25) is 5.91 Å². The van der Waals surface area contributed by atoms with E-state index in [1.54, 1.807) is 6.20 Å². The van der Waals surface area contributed by atoms with Gasteiger partial charge in [-0.1, -0.05) is 17.8 Å². The van der Waals surface area contributed by atoms with Crippen LogP contribution < -0.4 is 11.3 Å². The first kappa shape index (κ1) is 17.2. The highest BCUT2D eigenvalue weighted by atomic mass is 32.2. The number of aromatic nitrogens is 5. The number of amides is 1. The zero-order chi connectivity index (χ0) is 18.0. The maximum atomic E-state index is 12.2. The molecule has 0 aliphatic heterocycles. The molecule has 3 heterocycles. The first-order valence-electron chi connectivity index (χ1n) is 7.72. The van der Waals surface area contributed by atoms with Gasteiger partial charge < -0.3 is 10.3 Å². The number of carbonyl (C=O) groups is 1. The highest BCUT2D eigenvalue weighted by molar-refractivity contribution is 7.98. The number of nitrogens with zero attached hydrogens (tertiary/aromatic N) is 5. The van der Waals surface area contributed by atoms with Crippen molar-refractivity contribution < 1.29 is 4.79 Å². The van der Waals surface area contributed by atoms with Crippen molar-refractivity contribution in [3.63, 3.8) is 0 Å². The van der Waals surface area contributed by atoms with Crippen LogP contribution in [0.2, 0.25) is 0 Å². The SMILES string of the molecule is Cc1ccc2nc(CSc3nnc(CCC(N)=O)n3C)cc(=O)n2c1. The van der Waals surface area contributed by atoms with Crippen molar-refractivity contribution in [2.45, 2.75) is 30.7 Å². The second-order valence-corrected chi connectivity index (χ2v) is 6.68. The predicted molar refractivity (Wildman–Crippen MR) is 94.3 cm³/mol. The van der Waals surface area contributed by atoms with Crippen LogP contribution in [0.3, 0.4) is 0 Å². The van der Waals surface area contributed by atoms with Crippen molar-refractivity contribution in [1.29, 1.82) is 0 Å². The van der Waals surface area contributed by atoms with Gasteiger partial charge in [-0.3, -0.25) is 14.0 Å². The average molecular weight is 358 g/mol. The molecule has 0 aliphatic rings. The van der Waals surface area contributed by atoms with E-state index in [-0.39, 0.29) is 17.9 Å². The summed E-state index contributed by atoms with van der Waals surface area (Å²) in [5.41, 5.74) is 7.35. The molecule has 3 rings (SSSR count). The Kier molecular flexibility index (Phi) is 4.84. The Balaban J connectivity index is 1.76. The molecule has 9 heteroatoms. The van der Waals surface area contributed by atoms with E-state index in [1.807, 2.05) is 30.7 Å². The molecule has 0 saturated heterocycles. The lowest BCUT2D eigenvalue weighted by molar-refractivity contribution is -0.118. The number of fused-ring (bicyclic) bond motifs is 1. The molecule has 0 atom stereocenters. The van der Waals surface area contributed by atoms with Crippen molar-refractivity contribution in [3.05, 3.63) is 51.8 Å². The molecule has 0 spiro atoms. The standard InChI is InChI=1S/C16H18N6O2S/c1-10-3-5-13-18-11(7-15(24)22(13)8-10)9-25-16-20-19-14(21(16)2)6-4-12(17)23/h3,5,7-8H,4,6,9H2,1-2H3,(H2,17,23). The number of nitrogens with two attached hydrogens (primary N) is 1. The van der Waals surface area contributed by atoms with E-state index in [2.05, 4.69) is 15.2 Å². The number of pyridine rings is 1. The fourth-order valence-corrected chi connectivity index (χ4v) is 3.22. The molecule has 0 unspecified atom stereocenters. The smallest absolute Gasteiger partial charge is 0.258 e. The van der Waals surface area contributed by atoms with E-state index >= 15 is 0 Å². The van der Waals surface area contributed by atoms with Crippen LogP contribution in [-0.4, -0.2) is 30.1 Å². The third-order valence-corrected chi connectivity index (χ3v) is 4.78. The summed E-state index contributed by atoms with van der Waals surface area (Å²) in [6, 6.07) is 5.28. The molecule has 0 aromatic carbocycles. The zero-order valence-electron chi connectivity index (χ0n) is 14.0. The van der Waals surface area contributed by atoms with E-state index in [1.165, 1.54) is 22.2 Å². The Morgan fingerprint density at radius 1 is 1.32 bits per heavy atom. The van der Waals surface area contributed by atoms with E-state index < -0.39 is 0 Å². The molecular weight excluding hydrogens is 340 g/mol. The lowest BCUT2D eigenvalue weighted by Gasteiger charge is -2.05. The lowest BCUT2D eigenvalue weighted by atomic mass is 10.3. The highest BCUT2D eigenvalue weighted by Crippen LogP contribution is 2.20. The molecule has 25 heavy (non-hydrogen) atoms. The summed E-state index contributed by atoms with van der Waals surface area (Å²) >= 11 is 1.44. The Morgan fingerprint density at radius 2 is 2.12 bits per heavy atom. The van der Waals surface area contributed by atoms with Crippen molar-refractivity contribution in [3.8, 4) is 0 Å². The first-order valence-corrected chi connectivity index (χ1v) is 8.71. The molecule has 0 radical (unpaired) electrons. The van der Waals surface area contributed by atoms with Gasteiger partial charge in [-0.15, -0.1) is 10.2 Å². The molecule has 0 aliphatic carbocycles. The van der Waals surface area contributed by atoms with Crippen molar-refractivity contribution in [2.24, 2.45) is 12.8 Å². The van der Waals surface area contributed by atoms with E-state index in [9.17, 15) is 9.59 Å². The van der Waals surface area contributed by atoms with Crippen molar-refractivity contribution >= 4 is 23.3 Å². The molecule has 3 aromatic rings. The second kappa shape index (κ2) is 7.06. The number of aryl methyl sites for hydroxylation is 2. The van der Waals surface area contributed by atoms with Gasteiger partial charge in [0.25, 0.3) is 5.56 Å². The minimum absolute atomic E-state index is 0.107. The molecule has 8 nitrogen and oxygen atoms in total. The lowest BCUT2D eigenvalue weighted by Crippen LogP contribution is -2.15. The molecule has 1 amide bonds. The molecule has 130 valence electrons. The Labute approximate surface area is 148 Å². The summed E-state index contributed by atoms with van der Waals surface area (Å²) in [6.07, 6.45) is 2.46. The fourth-order valence-electron chi connectivity index (χ4n) is 2.39. The van der Waals surface area contributed by atoms with Crippen LogP contribution in [0.1, 0.15) is 23.5 Å². The van der Waals surface area contributed by atoms with E-state index in [0.29, 0.717) is 34.5 Å². The predicted octanol–water partition coefficient (Wildman–Crippen LogP) is 0.842. The number of hydrogen-bond donors (Lipinski definition) is 1. The molecule has 0 saturated carbocycles. The second-order valence-electron chi connectivity index (χ2n) is 5.73. The number of thioether (sulfide) groups is 1. The number of rotatable bonds is 6. The monoisotopic (exact) mass is 358 g/mol. The van der Waals surface area contributed by atoms with Crippen LogP contribution in [-0.2, 0) is 24.0 Å². The average Bonchev–Trinajstić information content (AvgIpc) is 2.92. The Hall–Kier alpha value is -2.68. The quantitative estimate of drug-likeness (QED) is 0.654. The van der Waals surface area contributed by atoms with Gasteiger partial charge in [-0.2, -0.15) is 0 Å². The van der Waals surface area contributed by atoms with Crippen LogP contribution in [0.15, 0.2) is 34.3 Å². The summed E-state index contributed by atoms with van der Waals surface area (Å²) in [5, 5.41) is 8.89. The fraction of sp³-hybridized carbons (Fsp3) is 0.312. The first-order chi connectivity index (χ1) is 11.9. The van der Waals surface area contributed by atoms with Gasteiger partial charge in [0, 0.05) is 37.9 Å². The molecule has 3 aromatic heterocycles. The van der Waals surface area contributed by atoms with Crippen LogP contribution in [0.5, 0.6) is 0 Å². The Bertz CT molecular complexity index is 994. The van der Waals surface area contributed by atoms with Crippen LogP contribution in [0.25, 0.3) is 5.65 Å². The molecule has 2 N–H and O–H groups in total. The normalized spacial score (nSPS) is 11.1. The minimum Gasteiger partial charge on any atom is -0.370 e. The van der Waals surface area contributed by atoms with Gasteiger partial charge in [-0.05, 0) is 18.6 Å². The molecule has 0 bridgehead atoms. The van der Waals surface area contributed by atoms with Gasteiger partial charge in [-0.25, -0.2) is 4.98 Å². The van der Waals surface area contributed by atoms with E-state index in [4.69, 9.17) is 5.73 Å². The van der Waals surface area contributed by atoms with Gasteiger partial charge in [0.05, 0.1) is 5.69 Å². The number of primary amides is 1. The summed E-state index contributed by atoms with van der Waals surface area (Å²) in [6.45, 7) is 1.93. The number of hydrogen-bond acceptors (Lipinski definition) is 6. The third kappa shape index (κ3) is 3.87. The van der Waals surface area contributed by atoms with Gasteiger partial charge >= 0.3 is 0 Å². The molecule has 0 fully saturated rings. The van der Waals surface area contributed by atoms with Crippen LogP contribution >= 0.6 is 11.8 Å². The number of carbonyl (C=O) groups excluding carboxylic acids is 1. The van der Waals surface area contributed by atoms with Crippen LogP contribution in [0, 0.1) is 6.92 Å². The maximum Gasteiger partial charge on any atom is 0.258 e. The van der Waals surface area contributed by atoms with E-state index in [0.717, 1.165) is 5.56 Å². The molecular formula is C16H18N6O2S. The topological polar surface area (TPSA) is 108 Å². The minimum atomic E-state index is -0.367. The van der Waals surface area contributed by atoms with Crippen molar-refractivity contribution in [2.75, 3.05) is 0 Å². The largest absolute Gasteiger partial charge is 0.370 e. The summed E-state index contributed by atoms with van der Waals surface area (Å²) in [4.78, 5) is 27.6. The van der Waals surface area contributed by atoms with Crippen molar-refractivity contribution in [1.82, 2.24) is 24.1 Å². The van der Waals surface area contributed by atoms with Gasteiger partial charge in [0.1, 0.15) is 11.5 Å². The Morgan fingerprint density at radius 3 is 2.88 bits per heavy atom. The summed E-state index contributed by atoms with van der Waals surface area (Å²) in [5.74, 6) is 0.832. The van der Waals surface area contributed by atoms with Crippen LogP contribution in [0.4, 0.5) is 0 Å². The summed E-state index contributed by atoms with van der Waals surface area (Å²) < 4.78 is 3.36. The third-order valence-electron chi connectivity index (χ3n) is 3.73. The van der Waals surface area contributed by atoms with Gasteiger partial charge in [0.15, 0.2) is 5.16 Å².